The van der Waals surface area contributed by atoms with E-state index in [0.717, 1.165) is 32.1 Å². The van der Waals surface area contributed by atoms with Gasteiger partial charge in [-0.05, 0) is 57.9 Å². The van der Waals surface area contributed by atoms with Crippen molar-refractivity contribution in [2.45, 2.75) is 92.0 Å². The summed E-state index contributed by atoms with van der Waals surface area (Å²) in [6.45, 7) is 12.9. The topological polar surface area (TPSA) is 41.5 Å². The van der Waals surface area contributed by atoms with E-state index in [9.17, 15) is 9.18 Å². The SMILES string of the molecule is CCC(CCC(=O)NC(C)(C)CC1=CC=C(F)CC1)C(=NC)C(C)(C)CC. The number of allylic oxidation sites excluding steroid dienone is 3. The molecule has 0 saturated heterocycles. The average Bonchev–Trinajstić information content (AvgIpc) is 2.59. The molecule has 0 aromatic rings. The van der Waals surface area contributed by atoms with Crippen LogP contribution in [0.3, 0.4) is 0 Å². The largest absolute Gasteiger partial charge is 0.351 e. The Labute approximate surface area is 165 Å². The van der Waals surface area contributed by atoms with E-state index in [1.165, 1.54) is 11.3 Å². The number of amides is 1. The summed E-state index contributed by atoms with van der Waals surface area (Å²) in [4.78, 5) is 17.1. The molecule has 27 heavy (non-hydrogen) atoms. The number of nitrogens with one attached hydrogen (secondary N) is 1. The first-order valence-corrected chi connectivity index (χ1v) is 10.4. The Morgan fingerprint density at radius 2 is 1.89 bits per heavy atom. The maximum atomic E-state index is 13.2. The summed E-state index contributed by atoms with van der Waals surface area (Å²) in [6, 6.07) is 0. The third kappa shape index (κ3) is 7.59. The smallest absolute Gasteiger partial charge is 0.220 e. The van der Waals surface area contributed by atoms with Crippen LogP contribution in [0.1, 0.15) is 86.5 Å². The lowest BCUT2D eigenvalue weighted by atomic mass is 9.76. The highest BCUT2D eigenvalue weighted by atomic mass is 19.1. The lowest BCUT2D eigenvalue weighted by Crippen LogP contribution is -2.44. The molecular formula is C23H39FN2O. The molecule has 154 valence electrons. The standard InChI is InChI=1S/C23H39FN2O/c1-8-18(21(25-7)22(3,4)9-2)12-15-20(27)26-23(5,6)16-17-10-13-19(24)14-11-17/h10,13,18H,8-9,11-12,14-16H2,1-7H3,(H,26,27). The van der Waals surface area contributed by atoms with Crippen LogP contribution in [0.5, 0.6) is 0 Å². The summed E-state index contributed by atoms with van der Waals surface area (Å²) in [6.07, 6.45) is 8.74. The van der Waals surface area contributed by atoms with E-state index >= 15 is 0 Å². The van der Waals surface area contributed by atoms with Gasteiger partial charge in [-0.1, -0.05) is 39.3 Å². The number of carbonyl (C=O) groups excluding carboxylic acids is 1. The Kier molecular flexibility index (Phi) is 8.90. The van der Waals surface area contributed by atoms with Crippen LogP contribution in [0.15, 0.2) is 28.5 Å². The van der Waals surface area contributed by atoms with Crippen LogP contribution in [-0.2, 0) is 4.79 Å². The number of aliphatic imine (C=N–C) groups is 1. The zero-order valence-corrected chi connectivity index (χ0v) is 18.4. The van der Waals surface area contributed by atoms with Crippen LogP contribution in [0.2, 0.25) is 0 Å². The van der Waals surface area contributed by atoms with Gasteiger partial charge in [0.2, 0.25) is 5.91 Å². The zero-order chi connectivity index (χ0) is 20.7. The summed E-state index contributed by atoms with van der Waals surface area (Å²) in [5.41, 5.74) is 2.16. The first-order valence-electron chi connectivity index (χ1n) is 10.4. The van der Waals surface area contributed by atoms with Crippen molar-refractivity contribution in [3.63, 3.8) is 0 Å². The highest BCUT2D eigenvalue weighted by molar-refractivity contribution is 5.92. The van der Waals surface area contributed by atoms with Gasteiger partial charge in [-0.3, -0.25) is 9.79 Å². The molecule has 1 unspecified atom stereocenters. The van der Waals surface area contributed by atoms with Crippen LogP contribution in [0.4, 0.5) is 4.39 Å². The first-order chi connectivity index (χ1) is 12.5. The first kappa shape index (κ1) is 23.6. The lowest BCUT2D eigenvalue weighted by molar-refractivity contribution is -0.122. The predicted octanol–water partition coefficient (Wildman–Crippen LogP) is 6.16. The molecule has 0 radical (unpaired) electrons. The molecule has 4 heteroatoms. The predicted molar refractivity (Wildman–Crippen MR) is 114 cm³/mol. The van der Waals surface area contributed by atoms with Gasteiger partial charge in [0.15, 0.2) is 0 Å². The lowest BCUT2D eigenvalue weighted by Gasteiger charge is -2.32. The average molecular weight is 379 g/mol. The van der Waals surface area contributed by atoms with Gasteiger partial charge in [-0.15, -0.1) is 0 Å². The number of hydrogen-bond donors (Lipinski definition) is 1. The van der Waals surface area contributed by atoms with E-state index in [0.29, 0.717) is 18.8 Å². The fourth-order valence-corrected chi connectivity index (χ4v) is 3.91. The maximum Gasteiger partial charge on any atom is 0.220 e. The minimum Gasteiger partial charge on any atom is -0.351 e. The second-order valence-electron chi connectivity index (χ2n) is 9.04. The number of nitrogens with zero attached hydrogens (tertiary/aromatic N) is 1. The molecule has 0 spiro atoms. The summed E-state index contributed by atoms with van der Waals surface area (Å²) < 4.78 is 13.2. The Bertz CT molecular complexity index is 599. The third-order valence-electron chi connectivity index (χ3n) is 5.75. The van der Waals surface area contributed by atoms with Crippen molar-refractivity contribution in [1.29, 1.82) is 0 Å². The molecular weight excluding hydrogens is 339 g/mol. The van der Waals surface area contributed by atoms with Gasteiger partial charge in [0.1, 0.15) is 5.83 Å². The fraction of sp³-hybridized carbons (Fsp3) is 0.739. The van der Waals surface area contributed by atoms with Crippen molar-refractivity contribution in [3.05, 3.63) is 23.6 Å². The Balaban J connectivity index is 2.62. The molecule has 0 bridgehead atoms. The number of halogens is 1. The van der Waals surface area contributed by atoms with Crippen LogP contribution in [-0.4, -0.2) is 24.2 Å². The molecule has 0 aromatic heterocycles. The highest BCUT2D eigenvalue weighted by Gasteiger charge is 2.29. The van der Waals surface area contributed by atoms with Crippen molar-refractivity contribution >= 4 is 11.6 Å². The molecule has 0 aromatic carbocycles. The Morgan fingerprint density at radius 3 is 2.37 bits per heavy atom. The van der Waals surface area contributed by atoms with Crippen molar-refractivity contribution in [3.8, 4) is 0 Å². The van der Waals surface area contributed by atoms with Crippen LogP contribution < -0.4 is 5.32 Å². The van der Waals surface area contributed by atoms with Gasteiger partial charge in [-0.2, -0.15) is 0 Å². The van der Waals surface area contributed by atoms with Gasteiger partial charge in [0.25, 0.3) is 0 Å². The van der Waals surface area contributed by atoms with E-state index in [2.05, 4.69) is 38.0 Å². The van der Waals surface area contributed by atoms with E-state index < -0.39 is 0 Å². The summed E-state index contributed by atoms with van der Waals surface area (Å²) in [7, 11) is 1.87. The molecule has 0 fully saturated rings. The van der Waals surface area contributed by atoms with Gasteiger partial charge in [0.05, 0.1) is 0 Å². The quantitative estimate of drug-likeness (QED) is 0.455. The second kappa shape index (κ2) is 10.2. The Hall–Kier alpha value is -1.45. The maximum absolute atomic E-state index is 13.2. The molecule has 0 aliphatic heterocycles. The van der Waals surface area contributed by atoms with E-state index in [4.69, 9.17) is 0 Å². The van der Waals surface area contributed by atoms with E-state index in [-0.39, 0.29) is 22.7 Å². The van der Waals surface area contributed by atoms with Crippen molar-refractivity contribution < 1.29 is 9.18 Å². The monoisotopic (exact) mass is 378 g/mol. The normalized spacial score (nSPS) is 17.3. The fourth-order valence-electron chi connectivity index (χ4n) is 3.91. The van der Waals surface area contributed by atoms with Crippen molar-refractivity contribution in [1.82, 2.24) is 5.32 Å². The summed E-state index contributed by atoms with van der Waals surface area (Å²) in [5, 5.41) is 3.17. The molecule has 1 aliphatic rings. The van der Waals surface area contributed by atoms with Gasteiger partial charge >= 0.3 is 0 Å². The van der Waals surface area contributed by atoms with E-state index in [1.54, 1.807) is 6.08 Å². The Morgan fingerprint density at radius 1 is 1.22 bits per heavy atom. The highest BCUT2D eigenvalue weighted by Crippen LogP contribution is 2.30. The minimum atomic E-state index is -0.323. The van der Waals surface area contributed by atoms with Gasteiger partial charge in [0, 0.05) is 36.6 Å². The molecule has 1 rings (SSSR count). The van der Waals surface area contributed by atoms with Gasteiger partial charge in [-0.25, -0.2) is 4.39 Å². The molecule has 3 nitrogen and oxygen atoms in total. The van der Waals surface area contributed by atoms with Crippen molar-refractivity contribution in [2.24, 2.45) is 16.3 Å². The van der Waals surface area contributed by atoms with Crippen LogP contribution in [0, 0.1) is 11.3 Å². The zero-order valence-electron chi connectivity index (χ0n) is 18.4. The van der Waals surface area contributed by atoms with Gasteiger partial charge < -0.3 is 5.32 Å². The van der Waals surface area contributed by atoms with E-state index in [1.807, 2.05) is 27.0 Å². The second-order valence-corrected chi connectivity index (χ2v) is 9.04. The summed E-state index contributed by atoms with van der Waals surface area (Å²) >= 11 is 0. The minimum absolute atomic E-state index is 0.0606. The molecule has 0 heterocycles. The van der Waals surface area contributed by atoms with Crippen LogP contribution in [0.25, 0.3) is 0 Å². The molecule has 0 saturated carbocycles. The number of rotatable bonds is 10. The number of hydrogen-bond acceptors (Lipinski definition) is 2. The summed E-state index contributed by atoms with van der Waals surface area (Å²) in [5.74, 6) is 0.365. The molecule has 1 amide bonds. The molecule has 1 atom stereocenters. The number of carbonyl (C=O) groups is 1. The van der Waals surface area contributed by atoms with Crippen LogP contribution >= 0.6 is 0 Å². The molecule has 1 N–H and O–H groups in total. The third-order valence-corrected chi connectivity index (χ3v) is 5.75. The van der Waals surface area contributed by atoms with Crippen molar-refractivity contribution in [2.75, 3.05) is 7.05 Å². The molecule has 1 aliphatic carbocycles.